The van der Waals surface area contributed by atoms with Crippen LogP contribution in [0, 0.1) is 11.8 Å². The van der Waals surface area contributed by atoms with E-state index in [1.165, 1.54) is 11.3 Å². The van der Waals surface area contributed by atoms with Gasteiger partial charge in [-0.1, -0.05) is 13.8 Å². The third-order valence-corrected chi connectivity index (χ3v) is 5.97. The number of piperidine rings is 1. The lowest BCUT2D eigenvalue weighted by Crippen LogP contribution is -2.40. The van der Waals surface area contributed by atoms with Gasteiger partial charge in [0, 0.05) is 24.2 Å². The van der Waals surface area contributed by atoms with Crippen LogP contribution in [0.5, 0.6) is 0 Å². The molecule has 1 aliphatic rings. The van der Waals surface area contributed by atoms with E-state index < -0.39 is 0 Å². The Bertz CT molecular complexity index is 838. The second kappa shape index (κ2) is 8.25. The number of anilines is 1. The fraction of sp³-hybridized carbons (Fsp3) is 0.550. The summed E-state index contributed by atoms with van der Waals surface area (Å²) in [5, 5.41) is 0.845. The Kier molecular flexibility index (Phi) is 5.99. The molecule has 146 valence electrons. The van der Waals surface area contributed by atoms with Crippen molar-refractivity contribution in [3.05, 3.63) is 22.7 Å². The molecule has 2 aromatic rings. The molecule has 2 N–H and O–H groups in total. The lowest BCUT2D eigenvalue weighted by molar-refractivity contribution is -0.149. The predicted octanol–water partition coefficient (Wildman–Crippen LogP) is 3.49. The van der Waals surface area contributed by atoms with Gasteiger partial charge in [-0.15, -0.1) is 11.3 Å². The van der Waals surface area contributed by atoms with Crippen molar-refractivity contribution in [1.29, 1.82) is 0 Å². The summed E-state index contributed by atoms with van der Waals surface area (Å²) in [7, 11) is 0. The van der Waals surface area contributed by atoms with Gasteiger partial charge >= 0.3 is 5.97 Å². The van der Waals surface area contributed by atoms with Crippen LogP contribution >= 0.6 is 11.3 Å². The molecule has 0 aromatic carbocycles. The summed E-state index contributed by atoms with van der Waals surface area (Å²) in [6, 6.07) is 3.96. The zero-order valence-electron chi connectivity index (χ0n) is 16.2. The second-order valence-electron chi connectivity index (χ2n) is 7.42. The van der Waals surface area contributed by atoms with Gasteiger partial charge in [-0.3, -0.25) is 9.59 Å². The molecule has 0 bridgehead atoms. The molecule has 0 atom stereocenters. The topological polar surface area (TPSA) is 85.5 Å². The largest absolute Gasteiger partial charge is 0.466 e. The standard InChI is InChI=1S/C20H27N3O3S/c1-4-26-20(25)13-7-9-23(10-8-13)19(24)17-16(21)15-6-5-14(11-12(2)3)22-18(15)27-17/h5-6,12-13H,4,7-11,21H2,1-3H3. The van der Waals surface area contributed by atoms with Gasteiger partial charge in [-0.2, -0.15) is 0 Å². The van der Waals surface area contributed by atoms with Crippen LogP contribution in [-0.4, -0.2) is 41.5 Å². The molecule has 0 radical (unpaired) electrons. The first kappa shape index (κ1) is 19.6. The number of aromatic nitrogens is 1. The monoisotopic (exact) mass is 389 g/mol. The smallest absolute Gasteiger partial charge is 0.309 e. The quantitative estimate of drug-likeness (QED) is 0.791. The predicted molar refractivity (Wildman–Crippen MR) is 108 cm³/mol. The Labute approximate surface area is 163 Å². The third kappa shape index (κ3) is 4.24. The van der Waals surface area contributed by atoms with Crippen LogP contribution in [0.25, 0.3) is 10.2 Å². The van der Waals surface area contributed by atoms with Gasteiger partial charge < -0.3 is 15.4 Å². The molecule has 2 aromatic heterocycles. The number of nitrogens with two attached hydrogens (primary N) is 1. The van der Waals surface area contributed by atoms with Crippen LogP contribution in [0.4, 0.5) is 5.69 Å². The molecular formula is C20H27N3O3S. The highest BCUT2D eigenvalue weighted by Crippen LogP contribution is 2.34. The summed E-state index contributed by atoms with van der Waals surface area (Å²) >= 11 is 1.36. The summed E-state index contributed by atoms with van der Waals surface area (Å²) in [4.78, 5) is 32.7. The number of rotatable bonds is 5. The van der Waals surface area contributed by atoms with Crippen LogP contribution < -0.4 is 5.73 Å². The summed E-state index contributed by atoms with van der Waals surface area (Å²) in [5.41, 5.74) is 7.79. The number of fused-ring (bicyclic) bond motifs is 1. The van der Waals surface area contributed by atoms with Crippen molar-refractivity contribution in [1.82, 2.24) is 9.88 Å². The lowest BCUT2D eigenvalue weighted by atomic mass is 9.97. The van der Waals surface area contributed by atoms with E-state index in [-0.39, 0.29) is 17.8 Å². The maximum Gasteiger partial charge on any atom is 0.309 e. The summed E-state index contributed by atoms with van der Waals surface area (Å²) in [6.07, 6.45) is 2.16. The van der Waals surface area contributed by atoms with Gasteiger partial charge in [-0.25, -0.2) is 4.98 Å². The van der Waals surface area contributed by atoms with Crippen LogP contribution in [0.15, 0.2) is 12.1 Å². The molecule has 1 aliphatic heterocycles. The number of hydrogen-bond acceptors (Lipinski definition) is 6. The van der Waals surface area contributed by atoms with E-state index >= 15 is 0 Å². The highest BCUT2D eigenvalue weighted by atomic mass is 32.1. The molecule has 3 heterocycles. The number of pyridine rings is 1. The fourth-order valence-electron chi connectivity index (χ4n) is 3.45. The molecule has 0 unspecified atom stereocenters. The van der Waals surface area contributed by atoms with Gasteiger partial charge in [0.1, 0.15) is 9.71 Å². The van der Waals surface area contributed by atoms with E-state index in [4.69, 9.17) is 10.5 Å². The first-order valence-corrected chi connectivity index (χ1v) is 10.4. The molecule has 0 aliphatic carbocycles. The molecule has 27 heavy (non-hydrogen) atoms. The first-order chi connectivity index (χ1) is 12.9. The van der Waals surface area contributed by atoms with E-state index in [9.17, 15) is 9.59 Å². The Morgan fingerprint density at radius 1 is 1.33 bits per heavy atom. The van der Waals surface area contributed by atoms with Crippen molar-refractivity contribution < 1.29 is 14.3 Å². The maximum absolute atomic E-state index is 13.0. The van der Waals surface area contributed by atoms with E-state index in [0.717, 1.165) is 22.3 Å². The van der Waals surface area contributed by atoms with Gasteiger partial charge in [-0.05, 0) is 44.2 Å². The van der Waals surface area contributed by atoms with Crippen LogP contribution in [0.3, 0.4) is 0 Å². The van der Waals surface area contributed by atoms with Gasteiger partial charge in [0.25, 0.3) is 5.91 Å². The Balaban J connectivity index is 1.74. The number of ether oxygens (including phenoxy) is 1. The highest BCUT2D eigenvalue weighted by Gasteiger charge is 2.30. The SMILES string of the molecule is CCOC(=O)C1CCN(C(=O)c2sc3nc(CC(C)C)ccc3c2N)CC1. The minimum atomic E-state index is -0.159. The van der Waals surface area contributed by atoms with Crippen LogP contribution in [-0.2, 0) is 16.0 Å². The number of nitrogens with zero attached hydrogens (tertiary/aromatic N) is 2. The molecule has 0 spiro atoms. The Hall–Kier alpha value is -2.15. The fourth-order valence-corrected chi connectivity index (χ4v) is 4.53. The molecule has 1 amide bonds. The van der Waals surface area contributed by atoms with Crippen LogP contribution in [0.1, 0.15) is 49.0 Å². The number of nitrogen functional groups attached to an aromatic ring is 1. The normalized spacial score (nSPS) is 15.5. The molecular weight excluding hydrogens is 362 g/mol. The minimum absolute atomic E-state index is 0.0665. The van der Waals surface area contributed by atoms with Crippen molar-refractivity contribution in [2.24, 2.45) is 11.8 Å². The van der Waals surface area contributed by atoms with E-state index in [1.54, 1.807) is 11.8 Å². The number of thiophene rings is 1. The van der Waals surface area contributed by atoms with Gasteiger partial charge in [0.2, 0.25) is 0 Å². The summed E-state index contributed by atoms with van der Waals surface area (Å²) in [5.74, 6) is 0.180. The van der Waals surface area contributed by atoms with Crippen molar-refractivity contribution in [3.8, 4) is 0 Å². The maximum atomic E-state index is 13.0. The number of carbonyl (C=O) groups excluding carboxylic acids is 2. The Morgan fingerprint density at radius 2 is 2.04 bits per heavy atom. The number of esters is 1. The Morgan fingerprint density at radius 3 is 2.67 bits per heavy atom. The van der Waals surface area contributed by atoms with E-state index in [2.05, 4.69) is 18.8 Å². The summed E-state index contributed by atoms with van der Waals surface area (Å²) in [6.45, 7) is 7.60. The average molecular weight is 390 g/mol. The number of carbonyl (C=O) groups is 2. The third-order valence-electron chi connectivity index (χ3n) is 4.87. The zero-order chi connectivity index (χ0) is 19.6. The first-order valence-electron chi connectivity index (χ1n) is 9.54. The molecule has 3 rings (SSSR count). The minimum Gasteiger partial charge on any atom is -0.466 e. The van der Waals surface area contributed by atoms with Gasteiger partial charge in [0.05, 0.1) is 18.2 Å². The second-order valence-corrected chi connectivity index (χ2v) is 8.42. The number of likely N-dealkylation sites (tertiary alicyclic amines) is 1. The van der Waals surface area contributed by atoms with E-state index in [1.807, 2.05) is 12.1 Å². The zero-order valence-corrected chi connectivity index (χ0v) is 17.0. The molecule has 1 saturated heterocycles. The van der Waals surface area contributed by atoms with Crippen molar-refractivity contribution in [2.75, 3.05) is 25.4 Å². The number of amides is 1. The van der Waals surface area contributed by atoms with Crippen molar-refractivity contribution in [3.63, 3.8) is 0 Å². The van der Waals surface area contributed by atoms with Gasteiger partial charge in [0.15, 0.2) is 0 Å². The van der Waals surface area contributed by atoms with Crippen molar-refractivity contribution >= 4 is 39.1 Å². The molecule has 7 heteroatoms. The molecule has 6 nitrogen and oxygen atoms in total. The molecule has 1 fully saturated rings. The van der Waals surface area contributed by atoms with Crippen LogP contribution in [0.2, 0.25) is 0 Å². The average Bonchev–Trinajstić information content (AvgIpc) is 2.97. The lowest BCUT2D eigenvalue weighted by Gasteiger charge is -2.30. The summed E-state index contributed by atoms with van der Waals surface area (Å²) < 4.78 is 5.09. The number of hydrogen-bond donors (Lipinski definition) is 1. The molecule has 0 saturated carbocycles. The highest BCUT2D eigenvalue weighted by molar-refractivity contribution is 7.21. The van der Waals surface area contributed by atoms with E-state index in [0.29, 0.717) is 49.0 Å². The van der Waals surface area contributed by atoms with Crippen molar-refractivity contribution in [2.45, 2.75) is 40.0 Å².